The number of aldehydes is 1. The van der Waals surface area contributed by atoms with Crippen molar-refractivity contribution < 1.29 is 29.0 Å². The largest absolute Gasteiger partial charge is 0.481 e. The number of rotatable bonds is 9. The van der Waals surface area contributed by atoms with Crippen molar-refractivity contribution in [1.82, 2.24) is 0 Å². The summed E-state index contributed by atoms with van der Waals surface area (Å²) < 4.78 is 5.68. The topological polar surface area (TPSA) is 97.7 Å². The second-order valence-electron chi connectivity index (χ2n) is 9.35. The van der Waals surface area contributed by atoms with Crippen LogP contribution < -0.4 is 0 Å². The number of hydrogen-bond acceptors (Lipinski definition) is 5. The fourth-order valence-electron chi connectivity index (χ4n) is 4.87. The quantitative estimate of drug-likeness (QED) is 0.333. The molecule has 0 saturated heterocycles. The highest BCUT2D eigenvalue weighted by Gasteiger charge is 2.53. The highest BCUT2D eigenvalue weighted by atomic mass is 16.5. The van der Waals surface area contributed by atoms with E-state index in [9.17, 15) is 24.3 Å². The minimum Gasteiger partial charge on any atom is -0.481 e. The number of carbonyl (C=O) groups is 4. The second kappa shape index (κ2) is 10.2. The Morgan fingerprint density at radius 2 is 2.03 bits per heavy atom. The van der Waals surface area contributed by atoms with Crippen LogP contribution in [0.2, 0.25) is 0 Å². The molecule has 0 bridgehead atoms. The molecule has 2 aliphatic rings. The first-order valence-corrected chi connectivity index (χ1v) is 11.0. The van der Waals surface area contributed by atoms with Crippen molar-refractivity contribution in [1.29, 1.82) is 0 Å². The van der Waals surface area contributed by atoms with Gasteiger partial charge >= 0.3 is 11.9 Å². The van der Waals surface area contributed by atoms with E-state index in [1.165, 1.54) is 12.2 Å². The third-order valence-electron chi connectivity index (χ3n) is 6.95. The lowest BCUT2D eigenvalue weighted by molar-refractivity contribution is -0.152. The lowest BCUT2D eigenvalue weighted by Gasteiger charge is -2.48. The summed E-state index contributed by atoms with van der Waals surface area (Å²) in [5, 5.41) is 9.77. The fourth-order valence-corrected chi connectivity index (χ4v) is 4.87. The van der Waals surface area contributed by atoms with E-state index in [2.05, 4.69) is 20.4 Å². The molecule has 0 aromatic heterocycles. The van der Waals surface area contributed by atoms with Gasteiger partial charge < -0.3 is 9.84 Å². The molecule has 6 heteroatoms. The first-order chi connectivity index (χ1) is 14.5. The molecule has 2 rings (SSSR count). The molecule has 0 spiro atoms. The van der Waals surface area contributed by atoms with Gasteiger partial charge in [0.1, 0.15) is 12.4 Å². The second-order valence-corrected chi connectivity index (χ2v) is 9.35. The van der Waals surface area contributed by atoms with Gasteiger partial charge in [0.15, 0.2) is 5.78 Å². The zero-order chi connectivity index (χ0) is 23.3. The average molecular weight is 431 g/mol. The number of fused-ring (bicyclic) bond motifs is 1. The van der Waals surface area contributed by atoms with Crippen LogP contribution >= 0.6 is 0 Å². The van der Waals surface area contributed by atoms with E-state index in [-0.39, 0.29) is 23.7 Å². The minimum atomic E-state index is -0.957. The van der Waals surface area contributed by atoms with Crippen LogP contribution in [0.1, 0.15) is 59.8 Å². The van der Waals surface area contributed by atoms with Gasteiger partial charge in [-0.05, 0) is 54.7 Å². The molecule has 1 N–H and O–H groups in total. The van der Waals surface area contributed by atoms with E-state index in [0.717, 1.165) is 12.8 Å². The Kier molecular flexibility index (Phi) is 8.15. The summed E-state index contributed by atoms with van der Waals surface area (Å²) in [6.07, 6.45) is 7.42. The van der Waals surface area contributed by atoms with Gasteiger partial charge in [0.25, 0.3) is 0 Å². The summed E-state index contributed by atoms with van der Waals surface area (Å²) in [6, 6.07) is 0. The molecule has 170 valence electrons. The summed E-state index contributed by atoms with van der Waals surface area (Å²) in [6.45, 7) is 11.8. The maximum Gasteiger partial charge on any atom is 0.331 e. The Hall–Kier alpha value is -2.50. The van der Waals surface area contributed by atoms with E-state index in [1.807, 2.05) is 13.0 Å². The number of carboxylic acid groups (broad SMARTS) is 1. The fraction of sp³-hybridized carbons (Fsp3) is 0.600. The summed E-state index contributed by atoms with van der Waals surface area (Å²) in [4.78, 5) is 48.2. The van der Waals surface area contributed by atoms with Gasteiger partial charge in [0.05, 0.1) is 11.8 Å². The number of ether oxygens (including phenoxy) is 1. The van der Waals surface area contributed by atoms with Crippen molar-refractivity contribution >= 4 is 24.0 Å². The normalized spacial score (nSPS) is 30.1. The molecule has 0 aromatic carbocycles. The van der Waals surface area contributed by atoms with Crippen molar-refractivity contribution in [3.8, 4) is 0 Å². The summed E-state index contributed by atoms with van der Waals surface area (Å²) >= 11 is 0. The number of carboxylic acids is 1. The zero-order valence-corrected chi connectivity index (χ0v) is 18.9. The van der Waals surface area contributed by atoms with Gasteiger partial charge in [-0.25, -0.2) is 4.79 Å². The van der Waals surface area contributed by atoms with Crippen LogP contribution in [0.4, 0.5) is 0 Å². The Morgan fingerprint density at radius 3 is 2.61 bits per heavy atom. The van der Waals surface area contributed by atoms with E-state index in [4.69, 9.17) is 4.74 Å². The Labute approximate surface area is 184 Å². The molecule has 0 amide bonds. The number of ketones is 1. The van der Waals surface area contributed by atoms with Crippen LogP contribution in [0.15, 0.2) is 36.0 Å². The van der Waals surface area contributed by atoms with Gasteiger partial charge in [-0.3, -0.25) is 14.4 Å². The van der Waals surface area contributed by atoms with E-state index < -0.39 is 35.3 Å². The molecule has 31 heavy (non-hydrogen) atoms. The molecule has 1 fully saturated rings. The Bertz CT molecular complexity index is 807. The molecular weight excluding hydrogens is 396 g/mol. The third kappa shape index (κ3) is 5.60. The predicted molar refractivity (Wildman–Crippen MR) is 117 cm³/mol. The SMILES string of the molecule is C=C(C=O)[C@@H]1C[C@@]2(C)C(=CC1=O)[C@H](OC(=O)C=C[C@H](C)C[C@@H](C)CC)CC[C@@H]2C(=O)O. The Balaban J connectivity index is 2.23. The summed E-state index contributed by atoms with van der Waals surface area (Å²) in [7, 11) is 0. The van der Waals surface area contributed by atoms with E-state index in [0.29, 0.717) is 30.6 Å². The van der Waals surface area contributed by atoms with Gasteiger partial charge in [0.2, 0.25) is 0 Å². The number of carbonyl (C=O) groups excluding carboxylic acids is 3. The standard InChI is InChI=1S/C25H34O6/c1-6-15(2)11-16(3)7-10-23(28)31-22-9-8-19(24(29)30)25(5)13-18(17(4)14-26)21(27)12-20(22)25/h7,10,12,14-16,18-19,22H,4,6,8-9,11,13H2,1-3,5H3,(H,29,30)/t15-,16-,18-,19+,22+,25+/m0/s1. The van der Waals surface area contributed by atoms with Gasteiger partial charge in [-0.2, -0.15) is 0 Å². The van der Waals surface area contributed by atoms with Crippen molar-refractivity contribution in [2.24, 2.45) is 29.1 Å². The lowest BCUT2D eigenvalue weighted by atomic mass is 9.56. The number of allylic oxidation sites excluding steroid dienone is 3. The maximum absolute atomic E-state index is 12.6. The molecule has 6 nitrogen and oxygen atoms in total. The lowest BCUT2D eigenvalue weighted by Crippen LogP contribution is -2.49. The van der Waals surface area contributed by atoms with Crippen molar-refractivity contribution in [3.05, 3.63) is 36.0 Å². The third-order valence-corrected chi connectivity index (χ3v) is 6.95. The van der Waals surface area contributed by atoms with Crippen LogP contribution in [-0.2, 0) is 23.9 Å². The molecule has 0 unspecified atom stereocenters. The van der Waals surface area contributed by atoms with Crippen molar-refractivity contribution in [2.75, 3.05) is 0 Å². The van der Waals surface area contributed by atoms with Gasteiger partial charge in [0, 0.05) is 11.5 Å². The molecule has 0 radical (unpaired) electrons. The van der Waals surface area contributed by atoms with Crippen LogP contribution in [-0.4, -0.2) is 35.2 Å². The summed E-state index contributed by atoms with van der Waals surface area (Å²) in [5.74, 6) is -2.42. The molecule has 6 atom stereocenters. The maximum atomic E-state index is 12.6. The molecule has 2 aliphatic carbocycles. The predicted octanol–water partition coefficient (Wildman–Crippen LogP) is 4.30. The number of esters is 1. The zero-order valence-electron chi connectivity index (χ0n) is 18.9. The van der Waals surface area contributed by atoms with Crippen LogP contribution in [0, 0.1) is 29.1 Å². The molecular formula is C25H34O6. The summed E-state index contributed by atoms with van der Waals surface area (Å²) in [5.41, 5.74) is -0.226. The smallest absolute Gasteiger partial charge is 0.331 e. The molecule has 0 heterocycles. The first kappa shape index (κ1) is 24.8. The van der Waals surface area contributed by atoms with Crippen LogP contribution in [0.3, 0.4) is 0 Å². The first-order valence-electron chi connectivity index (χ1n) is 11.0. The van der Waals surface area contributed by atoms with Gasteiger partial charge in [-0.1, -0.05) is 46.8 Å². The number of aliphatic carboxylic acids is 1. The van der Waals surface area contributed by atoms with E-state index >= 15 is 0 Å². The molecule has 0 aliphatic heterocycles. The van der Waals surface area contributed by atoms with Crippen molar-refractivity contribution in [2.45, 2.75) is 65.9 Å². The number of hydrogen-bond donors (Lipinski definition) is 1. The average Bonchev–Trinajstić information content (AvgIpc) is 2.71. The van der Waals surface area contributed by atoms with Crippen LogP contribution in [0.5, 0.6) is 0 Å². The monoisotopic (exact) mass is 430 g/mol. The minimum absolute atomic E-state index is 0.142. The van der Waals surface area contributed by atoms with Crippen molar-refractivity contribution in [3.63, 3.8) is 0 Å². The van der Waals surface area contributed by atoms with E-state index in [1.54, 1.807) is 6.92 Å². The highest BCUT2D eigenvalue weighted by molar-refractivity contribution is 6.00. The Morgan fingerprint density at radius 1 is 1.35 bits per heavy atom. The van der Waals surface area contributed by atoms with Gasteiger partial charge in [-0.15, -0.1) is 0 Å². The van der Waals surface area contributed by atoms with Crippen LogP contribution in [0.25, 0.3) is 0 Å². The molecule has 0 aromatic rings. The highest BCUT2D eigenvalue weighted by Crippen LogP contribution is 2.53. The molecule has 1 saturated carbocycles.